The van der Waals surface area contributed by atoms with Gasteiger partial charge in [0.25, 0.3) is 5.91 Å². The Bertz CT molecular complexity index is 1100. The van der Waals surface area contributed by atoms with Crippen molar-refractivity contribution in [3.63, 3.8) is 0 Å². The molecule has 0 fully saturated rings. The number of hydrogen-bond acceptors (Lipinski definition) is 3. The Morgan fingerprint density at radius 3 is 2.38 bits per heavy atom. The number of rotatable bonds is 8. The lowest BCUT2D eigenvalue weighted by Gasteiger charge is -2.29. The molecule has 0 aliphatic rings. The zero-order valence-corrected chi connectivity index (χ0v) is 20.5. The molecule has 0 spiro atoms. The van der Waals surface area contributed by atoms with Crippen LogP contribution in [0, 0.1) is 6.92 Å². The molecular formula is C26H29BrN2O3. The van der Waals surface area contributed by atoms with E-state index >= 15 is 0 Å². The SMILES string of the molecule is Cc1ccc(CN(C(=O)COc2ccc3ccccc3c2Br)[C@@H](C)C(=O)NC(C)C)cc1. The summed E-state index contributed by atoms with van der Waals surface area (Å²) >= 11 is 3.59. The van der Waals surface area contributed by atoms with Crippen molar-refractivity contribution in [2.75, 3.05) is 6.61 Å². The molecule has 0 unspecified atom stereocenters. The van der Waals surface area contributed by atoms with Crippen molar-refractivity contribution in [3.05, 3.63) is 76.3 Å². The predicted molar refractivity (Wildman–Crippen MR) is 132 cm³/mol. The van der Waals surface area contributed by atoms with Crippen LogP contribution in [0.25, 0.3) is 10.8 Å². The average molecular weight is 497 g/mol. The van der Waals surface area contributed by atoms with E-state index in [0.717, 1.165) is 26.4 Å². The highest BCUT2D eigenvalue weighted by Gasteiger charge is 2.27. The van der Waals surface area contributed by atoms with E-state index in [1.165, 1.54) is 0 Å². The van der Waals surface area contributed by atoms with Gasteiger partial charge in [0.1, 0.15) is 11.8 Å². The van der Waals surface area contributed by atoms with Crippen LogP contribution in [0.4, 0.5) is 0 Å². The van der Waals surface area contributed by atoms with Gasteiger partial charge >= 0.3 is 0 Å². The largest absolute Gasteiger partial charge is 0.483 e. The first-order valence-corrected chi connectivity index (χ1v) is 11.5. The van der Waals surface area contributed by atoms with Gasteiger partial charge in [-0.25, -0.2) is 0 Å². The molecule has 32 heavy (non-hydrogen) atoms. The number of benzene rings is 3. The number of ether oxygens (including phenoxy) is 1. The maximum absolute atomic E-state index is 13.2. The first kappa shape index (κ1) is 23.8. The van der Waals surface area contributed by atoms with E-state index < -0.39 is 6.04 Å². The molecule has 0 radical (unpaired) electrons. The summed E-state index contributed by atoms with van der Waals surface area (Å²) in [5.74, 6) is 0.149. The minimum Gasteiger partial charge on any atom is -0.483 e. The fraction of sp³-hybridized carbons (Fsp3) is 0.308. The van der Waals surface area contributed by atoms with Gasteiger partial charge in [-0.15, -0.1) is 0 Å². The van der Waals surface area contributed by atoms with E-state index in [0.29, 0.717) is 12.3 Å². The number of amides is 2. The second kappa shape index (κ2) is 10.6. The van der Waals surface area contributed by atoms with Gasteiger partial charge in [0.15, 0.2) is 6.61 Å². The molecule has 0 aliphatic heterocycles. The van der Waals surface area contributed by atoms with Gasteiger partial charge in [0.2, 0.25) is 5.91 Å². The van der Waals surface area contributed by atoms with E-state index in [1.54, 1.807) is 11.8 Å². The molecule has 3 aromatic rings. The minimum atomic E-state index is -0.630. The van der Waals surface area contributed by atoms with Gasteiger partial charge < -0.3 is 15.0 Å². The van der Waals surface area contributed by atoms with Crippen LogP contribution in [0.5, 0.6) is 5.75 Å². The van der Waals surface area contributed by atoms with Crippen molar-refractivity contribution in [3.8, 4) is 5.75 Å². The Kier molecular flexibility index (Phi) is 7.91. The number of halogens is 1. The monoisotopic (exact) mass is 496 g/mol. The lowest BCUT2D eigenvalue weighted by Crippen LogP contribution is -2.50. The second-order valence-electron chi connectivity index (χ2n) is 8.23. The normalized spacial score (nSPS) is 11.9. The summed E-state index contributed by atoms with van der Waals surface area (Å²) in [7, 11) is 0. The molecule has 2 amide bonds. The smallest absolute Gasteiger partial charge is 0.261 e. The molecule has 0 saturated heterocycles. The molecule has 0 heterocycles. The van der Waals surface area contributed by atoms with Crippen molar-refractivity contribution in [2.45, 2.75) is 46.3 Å². The van der Waals surface area contributed by atoms with Gasteiger partial charge in [-0.1, -0.05) is 60.2 Å². The van der Waals surface area contributed by atoms with Gasteiger partial charge in [-0.3, -0.25) is 9.59 Å². The molecule has 5 nitrogen and oxygen atoms in total. The number of nitrogens with one attached hydrogen (secondary N) is 1. The Hall–Kier alpha value is -2.86. The average Bonchev–Trinajstić information content (AvgIpc) is 2.77. The van der Waals surface area contributed by atoms with E-state index in [9.17, 15) is 9.59 Å². The Morgan fingerprint density at radius 2 is 1.69 bits per heavy atom. The fourth-order valence-corrected chi connectivity index (χ4v) is 4.03. The summed E-state index contributed by atoms with van der Waals surface area (Å²) in [6.45, 7) is 7.72. The van der Waals surface area contributed by atoms with Crippen LogP contribution < -0.4 is 10.1 Å². The summed E-state index contributed by atoms with van der Waals surface area (Å²) in [5, 5.41) is 4.99. The first-order chi connectivity index (χ1) is 15.3. The number of carbonyl (C=O) groups excluding carboxylic acids is 2. The number of fused-ring (bicyclic) bond motifs is 1. The van der Waals surface area contributed by atoms with Crippen molar-refractivity contribution in [1.82, 2.24) is 10.2 Å². The van der Waals surface area contributed by atoms with Crippen LogP contribution in [0.1, 0.15) is 31.9 Å². The van der Waals surface area contributed by atoms with Crippen LogP contribution in [0.15, 0.2) is 65.1 Å². The Labute approximate surface area is 197 Å². The zero-order valence-electron chi connectivity index (χ0n) is 18.9. The van der Waals surface area contributed by atoms with Gasteiger partial charge in [0.05, 0.1) is 4.47 Å². The van der Waals surface area contributed by atoms with Crippen LogP contribution in [-0.4, -0.2) is 35.4 Å². The van der Waals surface area contributed by atoms with Crippen molar-refractivity contribution >= 4 is 38.5 Å². The minimum absolute atomic E-state index is 0.00826. The van der Waals surface area contributed by atoms with E-state index in [-0.39, 0.29) is 24.5 Å². The lowest BCUT2D eigenvalue weighted by molar-refractivity contribution is -0.142. The van der Waals surface area contributed by atoms with Gasteiger partial charge in [0, 0.05) is 12.6 Å². The molecule has 0 bridgehead atoms. The van der Waals surface area contributed by atoms with Crippen LogP contribution in [-0.2, 0) is 16.1 Å². The molecule has 0 aliphatic carbocycles. The zero-order chi connectivity index (χ0) is 23.3. The van der Waals surface area contributed by atoms with Crippen LogP contribution in [0.2, 0.25) is 0 Å². The quantitative estimate of drug-likeness (QED) is 0.464. The number of hydrogen-bond donors (Lipinski definition) is 1. The number of nitrogens with zero attached hydrogens (tertiary/aromatic N) is 1. The third-order valence-electron chi connectivity index (χ3n) is 5.25. The fourth-order valence-electron chi connectivity index (χ4n) is 3.43. The molecule has 1 atom stereocenters. The van der Waals surface area contributed by atoms with Crippen LogP contribution >= 0.6 is 15.9 Å². The molecule has 3 aromatic carbocycles. The molecule has 0 saturated carbocycles. The van der Waals surface area contributed by atoms with E-state index in [2.05, 4.69) is 21.2 Å². The maximum atomic E-state index is 13.2. The molecule has 6 heteroatoms. The van der Waals surface area contributed by atoms with Crippen molar-refractivity contribution in [1.29, 1.82) is 0 Å². The standard InChI is InChI=1S/C26H29BrN2O3/c1-17(2)28-26(31)19(4)29(15-20-11-9-18(3)10-12-20)24(30)16-32-23-14-13-21-7-5-6-8-22(21)25(23)27/h5-14,17,19H,15-16H2,1-4H3,(H,28,31)/t19-/m0/s1. The number of carbonyl (C=O) groups is 2. The maximum Gasteiger partial charge on any atom is 0.261 e. The lowest BCUT2D eigenvalue weighted by atomic mass is 10.1. The third kappa shape index (κ3) is 5.88. The van der Waals surface area contributed by atoms with Crippen molar-refractivity contribution < 1.29 is 14.3 Å². The summed E-state index contributed by atoms with van der Waals surface area (Å²) in [6, 6.07) is 19.1. The van der Waals surface area contributed by atoms with Crippen LogP contribution in [0.3, 0.4) is 0 Å². The molecule has 1 N–H and O–H groups in total. The second-order valence-corrected chi connectivity index (χ2v) is 9.03. The summed E-state index contributed by atoms with van der Waals surface area (Å²) in [4.78, 5) is 27.4. The molecular weight excluding hydrogens is 468 g/mol. The topological polar surface area (TPSA) is 58.6 Å². The third-order valence-corrected chi connectivity index (χ3v) is 6.07. The highest BCUT2D eigenvalue weighted by molar-refractivity contribution is 9.10. The first-order valence-electron chi connectivity index (χ1n) is 10.7. The van der Waals surface area contributed by atoms with E-state index in [1.807, 2.05) is 81.4 Å². The number of aryl methyl sites for hydroxylation is 1. The van der Waals surface area contributed by atoms with Crippen molar-refractivity contribution in [2.24, 2.45) is 0 Å². The van der Waals surface area contributed by atoms with Gasteiger partial charge in [-0.05, 0) is 66.0 Å². The summed E-state index contributed by atoms with van der Waals surface area (Å²) in [6.07, 6.45) is 0. The Morgan fingerprint density at radius 1 is 1.00 bits per heavy atom. The molecule has 168 valence electrons. The van der Waals surface area contributed by atoms with E-state index in [4.69, 9.17) is 4.74 Å². The predicted octanol–water partition coefficient (Wildman–Crippen LogP) is 5.23. The molecule has 3 rings (SSSR count). The summed E-state index contributed by atoms with van der Waals surface area (Å²) < 4.78 is 6.69. The van der Waals surface area contributed by atoms with Gasteiger partial charge in [-0.2, -0.15) is 0 Å². The molecule has 0 aromatic heterocycles. The highest BCUT2D eigenvalue weighted by atomic mass is 79.9. The summed E-state index contributed by atoms with van der Waals surface area (Å²) in [5.41, 5.74) is 2.10. The highest BCUT2D eigenvalue weighted by Crippen LogP contribution is 2.33. The Balaban J connectivity index is 1.78.